The van der Waals surface area contributed by atoms with Crippen LogP contribution in [-0.4, -0.2) is 16.7 Å². The Kier molecular flexibility index (Phi) is 4.84. The van der Waals surface area contributed by atoms with Crippen LogP contribution < -0.4 is 0 Å². The van der Waals surface area contributed by atoms with Gasteiger partial charge >= 0.3 is 0 Å². The van der Waals surface area contributed by atoms with Gasteiger partial charge < -0.3 is 0 Å². The second-order valence-electron chi connectivity index (χ2n) is 6.83. The van der Waals surface area contributed by atoms with Gasteiger partial charge in [-0.2, -0.15) is 0 Å². The first-order valence-corrected chi connectivity index (χ1v) is 9.31. The quantitative estimate of drug-likeness (QED) is 0.581. The molecule has 3 aromatic carbocycles. The molecule has 2 amide bonds. The van der Waals surface area contributed by atoms with Crippen LogP contribution in [0.4, 0.5) is 0 Å². The summed E-state index contributed by atoms with van der Waals surface area (Å²) >= 11 is 0. The van der Waals surface area contributed by atoms with E-state index in [4.69, 9.17) is 0 Å². The van der Waals surface area contributed by atoms with Crippen LogP contribution in [-0.2, 0) is 6.42 Å². The molecule has 1 heterocycles. The second kappa shape index (κ2) is 7.58. The molecule has 1 atom stereocenters. The minimum absolute atomic E-state index is 0.191. The third kappa shape index (κ3) is 3.41. The number of imide groups is 1. The maximum Gasteiger partial charge on any atom is 0.262 e. The summed E-state index contributed by atoms with van der Waals surface area (Å²) in [6.45, 7) is 0. The highest BCUT2D eigenvalue weighted by Crippen LogP contribution is 2.34. The van der Waals surface area contributed by atoms with E-state index in [0.717, 1.165) is 24.8 Å². The van der Waals surface area contributed by atoms with Gasteiger partial charge in [0.15, 0.2) is 0 Å². The van der Waals surface area contributed by atoms with E-state index in [2.05, 4.69) is 12.1 Å². The van der Waals surface area contributed by atoms with Crippen molar-refractivity contribution in [2.24, 2.45) is 0 Å². The fraction of sp³-hybridized carbons (Fsp3) is 0.167. The lowest BCUT2D eigenvalue weighted by Crippen LogP contribution is -2.34. The molecule has 0 unspecified atom stereocenters. The molecule has 4 rings (SSSR count). The Balaban J connectivity index is 1.59. The van der Waals surface area contributed by atoms with E-state index >= 15 is 0 Å². The summed E-state index contributed by atoms with van der Waals surface area (Å²) in [4.78, 5) is 27.4. The number of carbonyl (C=O) groups excluding carboxylic acids is 2. The number of aryl methyl sites for hydroxylation is 1. The van der Waals surface area contributed by atoms with Crippen molar-refractivity contribution in [1.82, 2.24) is 4.90 Å². The van der Waals surface area contributed by atoms with Crippen LogP contribution in [0.25, 0.3) is 0 Å². The van der Waals surface area contributed by atoms with Crippen molar-refractivity contribution >= 4 is 11.8 Å². The molecule has 27 heavy (non-hydrogen) atoms. The van der Waals surface area contributed by atoms with Gasteiger partial charge in [0, 0.05) is 0 Å². The standard InChI is InChI=1S/C24H21NO2/c26-23-20-15-7-8-16-21(20)24(27)25(23)22(19-13-5-2-6-14-19)17-9-12-18-10-3-1-4-11-18/h1-8,10-11,13-16,22H,9,12,17H2/t22-/m0/s1. The summed E-state index contributed by atoms with van der Waals surface area (Å²) in [5.74, 6) is -0.381. The van der Waals surface area contributed by atoms with Crippen LogP contribution in [0.2, 0.25) is 0 Å². The Hall–Kier alpha value is -3.20. The number of hydrogen-bond acceptors (Lipinski definition) is 2. The molecule has 0 N–H and O–H groups in total. The van der Waals surface area contributed by atoms with Gasteiger partial charge in [0.25, 0.3) is 11.8 Å². The lowest BCUT2D eigenvalue weighted by atomic mass is 9.97. The largest absolute Gasteiger partial charge is 0.269 e. The number of carbonyl (C=O) groups is 2. The van der Waals surface area contributed by atoms with Crippen molar-refractivity contribution in [3.8, 4) is 0 Å². The molecule has 0 saturated heterocycles. The third-order valence-corrected chi connectivity index (χ3v) is 5.11. The van der Waals surface area contributed by atoms with E-state index < -0.39 is 0 Å². The molecule has 134 valence electrons. The normalized spacial score (nSPS) is 14.3. The van der Waals surface area contributed by atoms with E-state index in [-0.39, 0.29) is 17.9 Å². The fourth-order valence-electron chi connectivity index (χ4n) is 3.76. The van der Waals surface area contributed by atoms with Gasteiger partial charge in [-0.25, -0.2) is 0 Å². The summed E-state index contributed by atoms with van der Waals surface area (Å²) in [6, 6.07) is 27.0. The van der Waals surface area contributed by atoms with Crippen molar-refractivity contribution in [2.75, 3.05) is 0 Å². The van der Waals surface area contributed by atoms with Gasteiger partial charge in [0.1, 0.15) is 0 Å². The van der Waals surface area contributed by atoms with Crippen LogP contribution in [0.1, 0.15) is 50.7 Å². The number of benzene rings is 3. The predicted molar refractivity (Wildman–Crippen MR) is 106 cm³/mol. The fourth-order valence-corrected chi connectivity index (χ4v) is 3.76. The molecule has 3 heteroatoms. The number of rotatable bonds is 6. The van der Waals surface area contributed by atoms with E-state index in [1.54, 1.807) is 24.3 Å². The van der Waals surface area contributed by atoms with Gasteiger partial charge in [-0.1, -0.05) is 72.8 Å². The molecule has 0 radical (unpaired) electrons. The molecular weight excluding hydrogens is 334 g/mol. The maximum atomic E-state index is 13.0. The maximum absolute atomic E-state index is 13.0. The predicted octanol–water partition coefficient (Wildman–Crippen LogP) is 5.05. The highest BCUT2D eigenvalue weighted by atomic mass is 16.2. The van der Waals surface area contributed by atoms with E-state index in [0.29, 0.717) is 11.1 Å². The zero-order valence-electron chi connectivity index (χ0n) is 15.0. The average molecular weight is 355 g/mol. The summed E-state index contributed by atoms with van der Waals surface area (Å²) in [7, 11) is 0. The molecule has 3 aromatic rings. The van der Waals surface area contributed by atoms with Gasteiger partial charge in [-0.15, -0.1) is 0 Å². The van der Waals surface area contributed by atoms with Crippen LogP contribution in [0, 0.1) is 0 Å². The lowest BCUT2D eigenvalue weighted by molar-refractivity contribution is 0.0572. The van der Waals surface area contributed by atoms with Crippen LogP contribution in [0.3, 0.4) is 0 Å². The number of fused-ring (bicyclic) bond motifs is 1. The highest BCUT2D eigenvalue weighted by molar-refractivity contribution is 6.21. The monoisotopic (exact) mass is 355 g/mol. The Morgan fingerprint density at radius 1 is 0.667 bits per heavy atom. The van der Waals surface area contributed by atoms with Gasteiger partial charge in [0.05, 0.1) is 17.2 Å². The number of amides is 2. The van der Waals surface area contributed by atoms with Gasteiger partial charge in [-0.3, -0.25) is 14.5 Å². The molecule has 0 bridgehead atoms. The Morgan fingerprint density at radius 3 is 1.78 bits per heavy atom. The third-order valence-electron chi connectivity index (χ3n) is 5.11. The molecule has 1 aliphatic heterocycles. The molecule has 0 aliphatic carbocycles. The number of nitrogens with zero attached hydrogens (tertiary/aromatic N) is 1. The van der Waals surface area contributed by atoms with Crippen LogP contribution in [0.15, 0.2) is 84.9 Å². The molecule has 0 saturated carbocycles. The topological polar surface area (TPSA) is 37.4 Å². The number of hydrogen-bond donors (Lipinski definition) is 0. The summed E-state index contributed by atoms with van der Waals surface area (Å²) in [5.41, 5.74) is 3.28. The first-order valence-electron chi connectivity index (χ1n) is 9.31. The van der Waals surface area contributed by atoms with Crippen LogP contribution >= 0.6 is 0 Å². The van der Waals surface area contributed by atoms with E-state index in [9.17, 15) is 9.59 Å². The zero-order valence-corrected chi connectivity index (χ0v) is 15.0. The van der Waals surface area contributed by atoms with E-state index in [1.165, 1.54) is 10.5 Å². The lowest BCUT2D eigenvalue weighted by Gasteiger charge is -2.27. The second-order valence-corrected chi connectivity index (χ2v) is 6.83. The summed E-state index contributed by atoms with van der Waals surface area (Å²) in [5, 5.41) is 0. The average Bonchev–Trinajstić information content (AvgIpc) is 2.98. The van der Waals surface area contributed by atoms with Crippen LogP contribution in [0.5, 0.6) is 0 Å². The molecular formula is C24H21NO2. The van der Waals surface area contributed by atoms with Crippen molar-refractivity contribution in [3.05, 3.63) is 107 Å². The Bertz CT molecular complexity index is 915. The molecule has 3 nitrogen and oxygen atoms in total. The molecule has 0 spiro atoms. The molecule has 0 aromatic heterocycles. The van der Waals surface area contributed by atoms with E-state index in [1.807, 2.05) is 48.5 Å². The SMILES string of the molecule is O=C1c2ccccc2C(=O)N1[C@@H](CCCc1ccccc1)c1ccccc1. The summed E-state index contributed by atoms with van der Waals surface area (Å²) in [6.07, 6.45) is 2.56. The molecule has 1 aliphatic rings. The highest BCUT2D eigenvalue weighted by Gasteiger charge is 2.39. The van der Waals surface area contributed by atoms with Crippen molar-refractivity contribution in [3.63, 3.8) is 0 Å². The van der Waals surface area contributed by atoms with Gasteiger partial charge in [0.2, 0.25) is 0 Å². The minimum Gasteiger partial charge on any atom is -0.269 e. The zero-order chi connectivity index (χ0) is 18.6. The Labute approximate surface area is 159 Å². The first kappa shape index (κ1) is 17.2. The van der Waals surface area contributed by atoms with Crippen molar-refractivity contribution in [2.45, 2.75) is 25.3 Å². The first-order chi connectivity index (χ1) is 13.3. The summed E-state index contributed by atoms with van der Waals surface area (Å²) < 4.78 is 0. The van der Waals surface area contributed by atoms with Crippen molar-refractivity contribution in [1.29, 1.82) is 0 Å². The minimum atomic E-state index is -0.248. The van der Waals surface area contributed by atoms with Crippen molar-refractivity contribution < 1.29 is 9.59 Å². The molecule has 0 fully saturated rings. The smallest absolute Gasteiger partial charge is 0.262 e. The van der Waals surface area contributed by atoms with Gasteiger partial charge in [-0.05, 0) is 42.5 Å². The Morgan fingerprint density at radius 2 is 1.19 bits per heavy atom.